The van der Waals surface area contributed by atoms with E-state index in [1.807, 2.05) is 24.3 Å². The number of carbonyl (C=O) groups excluding carboxylic acids is 2. The number of amides is 1. The van der Waals surface area contributed by atoms with E-state index in [0.717, 1.165) is 11.3 Å². The van der Waals surface area contributed by atoms with E-state index in [2.05, 4.69) is 4.74 Å². The third kappa shape index (κ3) is 5.24. The van der Waals surface area contributed by atoms with Crippen molar-refractivity contribution in [1.29, 1.82) is 0 Å². The summed E-state index contributed by atoms with van der Waals surface area (Å²) in [7, 11) is 4.49. The van der Waals surface area contributed by atoms with Gasteiger partial charge in [-0.05, 0) is 35.9 Å². The van der Waals surface area contributed by atoms with Crippen LogP contribution in [0.15, 0.2) is 48.5 Å². The summed E-state index contributed by atoms with van der Waals surface area (Å²) < 4.78 is 15.0. The highest BCUT2D eigenvalue weighted by Crippen LogP contribution is 2.18. The zero-order chi connectivity index (χ0) is 18.9. The topological polar surface area (TPSA) is 65.1 Å². The second kappa shape index (κ2) is 9.46. The summed E-state index contributed by atoms with van der Waals surface area (Å²) in [6, 6.07) is 14.4. The summed E-state index contributed by atoms with van der Waals surface area (Å²) in [6.45, 7) is 0.631. The molecule has 6 nitrogen and oxygen atoms in total. The fraction of sp³-hybridized carbons (Fsp3) is 0.300. The van der Waals surface area contributed by atoms with Gasteiger partial charge in [-0.25, -0.2) is 0 Å². The van der Waals surface area contributed by atoms with E-state index in [0.29, 0.717) is 17.9 Å². The van der Waals surface area contributed by atoms with E-state index < -0.39 is 0 Å². The molecule has 0 atom stereocenters. The Morgan fingerprint density at radius 3 is 2.23 bits per heavy atom. The maximum absolute atomic E-state index is 12.9. The summed E-state index contributed by atoms with van der Waals surface area (Å²) in [5, 5.41) is 0. The highest BCUT2D eigenvalue weighted by atomic mass is 16.5. The lowest BCUT2D eigenvalue weighted by Gasteiger charge is -2.23. The number of hydrogen-bond donors (Lipinski definition) is 0. The first-order valence-electron chi connectivity index (χ1n) is 8.20. The largest absolute Gasteiger partial charge is 0.497 e. The minimum atomic E-state index is -0.358. The van der Waals surface area contributed by atoms with Gasteiger partial charge in [-0.3, -0.25) is 9.59 Å². The minimum absolute atomic E-state index is 0.127. The van der Waals surface area contributed by atoms with Gasteiger partial charge in [0.05, 0.1) is 27.8 Å². The van der Waals surface area contributed by atoms with Crippen molar-refractivity contribution in [3.05, 3.63) is 59.7 Å². The highest BCUT2D eigenvalue weighted by Gasteiger charge is 2.18. The lowest BCUT2D eigenvalue weighted by Crippen LogP contribution is -2.32. The third-order valence-corrected chi connectivity index (χ3v) is 3.95. The molecule has 0 aliphatic heterocycles. The van der Waals surface area contributed by atoms with Crippen molar-refractivity contribution < 1.29 is 23.8 Å². The van der Waals surface area contributed by atoms with Crippen molar-refractivity contribution in [2.24, 2.45) is 0 Å². The van der Waals surface area contributed by atoms with Gasteiger partial charge in [-0.2, -0.15) is 0 Å². The van der Waals surface area contributed by atoms with Gasteiger partial charge in [-0.15, -0.1) is 0 Å². The Kier molecular flexibility index (Phi) is 7.02. The van der Waals surface area contributed by atoms with Crippen LogP contribution in [0.2, 0.25) is 0 Å². The normalized spacial score (nSPS) is 10.1. The summed E-state index contributed by atoms with van der Waals surface area (Å²) in [5.41, 5.74) is 1.44. The van der Waals surface area contributed by atoms with Crippen LogP contribution in [0, 0.1) is 0 Å². The summed E-state index contributed by atoms with van der Waals surface area (Å²) >= 11 is 0. The van der Waals surface area contributed by atoms with E-state index in [4.69, 9.17) is 9.47 Å². The predicted molar refractivity (Wildman–Crippen MR) is 97.4 cm³/mol. The Hall–Kier alpha value is -3.02. The van der Waals surface area contributed by atoms with Crippen LogP contribution < -0.4 is 9.47 Å². The maximum atomic E-state index is 12.9. The van der Waals surface area contributed by atoms with Crippen LogP contribution in [0.3, 0.4) is 0 Å². The van der Waals surface area contributed by atoms with Crippen LogP contribution >= 0.6 is 0 Å². The molecule has 0 heterocycles. The van der Waals surface area contributed by atoms with Crippen LogP contribution in [0.5, 0.6) is 11.5 Å². The molecule has 0 saturated carbocycles. The third-order valence-electron chi connectivity index (χ3n) is 3.95. The molecule has 0 fully saturated rings. The molecule has 0 aliphatic carbocycles. The van der Waals surface area contributed by atoms with Gasteiger partial charge in [0.15, 0.2) is 0 Å². The Bertz CT molecular complexity index is 742. The molecule has 0 spiro atoms. The first-order valence-corrected chi connectivity index (χ1v) is 8.20. The van der Waals surface area contributed by atoms with Crippen molar-refractivity contribution in [3.8, 4) is 11.5 Å². The molecule has 0 bridgehead atoms. The lowest BCUT2D eigenvalue weighted by atomic mass is 10.1. The zero-order valence-corrected chi connectivity index (χ0v) is 15.2. The summed E-state index contributed by atoms with van der Waals surface area (Å²) in [6.07, 6.45) is 0.127. The summed E-state index contributed by atoms with van der Waals surface area (Å²) in [4.78, 5) is 26.1. The fourth-order valence-corrected chi connectivity index (χ4v) is 2.47. The zero-order valence-electron chi connectivity index (χ0n) is 15.2. The molecule has 2 aromatic carbocycles. The van der Waals surface area contributed by atoms with Gasteiger partial charge in [0.2, 0.25) is 0 Å². The molecule has 0 aromatic heterocycles. The second-order valence-electron chi connectivity index (χ2n) is 5.63. The first-order chi connectivity index (χ1) is 12.6. The molecule has 0 aliphatic rings. The van der Waals surface area contributed by atoms with Gasteiger partial charge < -0.3 is 19.1 Å². The van der Waals surface area contributed by atoms with Crippen molar-refractivity contribution in [2.75, 3.05) is 27.9 Å². The monoisotopic (exact) mass is 357 g/mol. The number of carbonyl (C=O) groups is 2. The fourth-order valence-electron chi connectivity index (χ4n) is 2.47. The number of rotatable bonds is 8. The van der Waals surface area contributed by atoms with Gasteiger partial charge in [-0.1, -0.05) is 18.2 Å². The van der Waals surface area contributed by atoms with E-state index in [1.165, 1.54) is 7.11 Å². The minimum Gasteiger partial charge on any atom is -0.497 e. The molecule has 6 heteroatoms. The van der Waals surface area contributed by atoms with Crippen molar-refractivity contribution in [2.45, 2.75) is 13.0 Å². The van der Waals surface area contributed by atoms with Crippen molar-refractivity contribution >= 4 is 11.9 Å². The SMILES string of the molecule is COC(=O)CCN(Cc1ccc(OC)cc1)C(=O)c1cccc(OC)c1. The molecule has 2 rings (SSSR count). The lowest BCUT2D eigenvalue weighted by molar-refractivity contribution is -0.140. The molecule has 1 amide bonds. The van der Waals surface area contributed by atoms with Gasteiger partial charge in [0.1, 0.15) is 11.5 Å². The van der Waals surface area contributed by atoms with Crippen LogP contribution in [0.25, 0.3) is 0 Å². The second-order valence-corrected chi connectivity index (χ2v) is 5.63. The molecule has 0 radical (unpaired) electrons. The highest BCUT2D eigenvalue weighted by molar-refractivity contribution is 5.94. The average molecular weight is 357 g/mol. The van der Waals surface area contributed by atoms with Crippen LogP contribution in [-0.2, 0) is 16.1 Å². The Labute approximate surface area is 153 Å². The molecule has 2 aromatic rings. The smallest absolute Gasteiger partial charge is 0.307 e. The number of nitrogens with zero attached hydrogens (tertiary/aromatic N) is 1. The number of hydrogen-bond acceptors (Lipinski definition) is 5. The number of benzene rings is 2. The Balaban J connectivity index is 2.20. The number of methoxy groups -OCH3 is 3. The van der Waals surface area contributed by atoms with Crippen molar-refractivity contribution in [1.82, 2.24) is 4.90 Å². The van der Waals surface area contributed by atoms with Crippen LogP contribution in [-0.4, -0.2) is 44.7 Å². The molecule has 0 unspecified atom stereocenters. The molecule has 0 N–H and O–H groups in total. The van der Waals surface area contributed by atoms with Gasteiger partial charge in [0.25, 0.3) is 5.91 Å². The van der Waals surface area contributed by atoms with E-state index in [1.54, 1.807) is 43.4 Å². The van der Waals surface area contributed by atoms with Gasteiger partial charge >= 0.3 is 5.97 Å². The molecule has 0 saturated heterocycles. The molecule has 138 valence electrons. The van der Waals surface area contributed by atoms with E-state index in [-0.39, 0.29) is 24.8 Å². The number of esters is 1. The quantitative estimate of drug-likeness (QED) is 0.680. The average Bonchev–Trinajstić information content (AvgIpc) is 2.70. The predicted octanol–water partition coefficient (Wildman–Crippen LogP) is 2.91. The van der Waals surface area contributed by atoms with Crippen LogP contribution in [0.1, 0.15) is 22.3 Å². The van der Waals surface area contributed by atoms with E-state index >= 15 is 0 Å². The summed E-state index contributed by atoms with van der Waals surface area (Å²) in [5.74, 6) is 0.814. The first kappa shape index (κ1) is 19.3. The number of ether oxygens (including phenoxy) is 3. The molecule has 26 heavy (non-hydrogen) atoms. The Morgan fingerprint density at radius 2 is 1.62 bits per heavy atom. The van der Waals surface area contributed by atoms with Gasteiger partial charge in [0, 0.05) is 18.7 Å². The maximum Gasteiger partial charge on any atom is 0.307 e. The van der Waals surface area contributed by atoms with Crippen LogP contribution in [0.4, 0.5) is 0 Å². The Morgan fingerprint density at radius 1 is 0.923 bits per heavy atom. The molecular weight excluding hydrogens is 334 g/mol. The standard InChI is InChI=1S/C20H23NO5/c1-24-17-9-7-15(8-10-17)14-21(12-11-19(22)26-3)20(23)16-5-4-6-18(13-16)25-2/h4-10,13H,11-12,14H2,1-3H3. The molecular formula is C20H23NO5. The van der Waals surface area contributed by atoms with Crippen molar-refractivity contribution in [3.63, 3.8) is 0 Å². The van der Waals surface area contributed by atoms with E-state index in [9.17, 15) is 9.59 Å².